The Hall–Kier alpha value is -3.66. The third kappa shape index (κ3) is 3.51. The van der Waals surface area contributed by atoms with E-state index in [-0.39, 0.29) is 28.3 Å². The van der Waals surface area contributed by atoms with Gasteiger partial charge in [0.1, 0.15) is 28.8 Å². The topological polar surface area (TPSA) is 85.2 Å². The fourth-order valence-corrected chi connectivity index (χ4v) is 2.65. The summed E-state index contributed by atoms with van der Waals surface area (Å²) < 4.78 is 25.3. The van der Waals surface area contributed by atoms with Crippen LogP contribution in [0.5, 0.6) is 0 Å². The van der Waals surface area contributed by atoms with Crippen LogP contribution in [0.3, 0.4) is 0 Å². The van der Waals surface area contributed by atoms with Crippen LogP contribution in [0.15, 0.2) is 53.2 Å². The number of carbonyl (C=O) groups is 2. The van der Waals surface area contributed by atoms with E-state index in [9.17, 15) is 19.2 Å². The molecular formula is C20H15FN2O4. The molecule has 136 valence electrons. The molecular weight excluding hydrogens is 351 g/mol. The molecule has 0 saturated carbocycles. The number of hydrogen-bond acceptors (Lipinski definition) is 5. The number of Topliss-reactive ketones (excluding diaryl/α,β-unsaturated/α-hetero) is 1. The zero-order valence-electron chi connectivity index (χ0n) is 14.6. The number of aromatic nitrogens is 1. The lowest BCUT2D eigenvalue weighted by Gasteiger charge is -2.12. The maximum absolute atomic E-state index is 13.0. The molecule has 0 aliphatic carbocycles. The van der Waals surface area contributed by atoms with Crippen molar-refractivity contribution in [1.82, 2.24) is 4.57 Å². The van der Waals surface area contributed by atoms with Gasteiger partial charge in [-0.25, -0.2) is 9.18 Å². The third-order valence-corrected chi connectivity index (χ3v) is 4.00. The van der Waals surface area contributed by atoms with Crippen molar-refractivity contribution in [3.8, 4) is 12.0 Å². The van der Waals surface area contributed by atoms with Gasteiger partial charge in [0, 0.05) is 18.0 Å². The van der Waals surface area contributed by atoms with Crippen LogP contribution in [0.25, 0.3) is 5.88 Å². The number of nitrogens with zero attached hydrogens (tertiary/aromatic N) is 2. The molecule has 0 amide bonds. The summed E-state index contributed by atoms with van der Waals surface area (Å²) >= 11 is 0. The maximum Gasteiger partial charge on any atom is 0.343 e. The van der Waals surface area contributed by atoms with Gasteiger partial charge in [-0.3, -0.25) is 9.36 Å². The molecule has 0 unspecified atom stereocenters. The molecule has 0 radical (unpaired) electrons. The molecule has 3 rings (SSSR count). The Balaban J connectivity index is 1.85. The first kappa shape index (κ1) is 18.1. The fraction of sp³-hybridized carbons (Fsp3) is 0.150. The van der Waals surface area contributed by atoms with Crippen LogP contribution in [0, 0.1) is 24.1 Å². The normalized spacial score (nSPS) is 11.6. The Kier molecular flexibility index (Phi) is 4.90. The number of aryl methyl sites for hydroxylation is 1. The summed E-state index contributed by atoms with van der Waals surface area (Å²) in [6.45, 7) is 2.95. The van der Waals surface area contributed by atoms with Crippen LogP contribution in [0.2, 0.25) is 0 Å². The zero-order valence-corrected chi connectivity index (χ0v) is 14.6. The van der Waals surface area contributed by atoms with Crippen molar-refractivity contribution in [2.24, 2.45) is 0 Å². The second-order valence-corrected chi connectivity index (χ2v) is 5.83. The van der Waals surface area contributed by atoms with Crippen LogP contribution < -0.4 is 0 Å². The van der Waals surface area contributed by atoms with E-state index in [2.05, 4.69) is 0 Å². The minimum absolute atomic E-state index is 0.0233. The van der Waals surface area contributed by atoms with Gasteiger partial charge in [-0.05, 0) is 50.2 Å². The van der Waals surface area contributed by atoms with Crippen molar-refractivity contribution < 1.29 is 23.1 Å². The number of ketones is 1. The van der Waals surface area contributed by atoms with E-state index in [1.165, 1.54) is 26.0 Å². The van der Waals surface area contributed by atoms with E-state index >= 15 is 0 Å². The predicted molar refractivity (Wildman–Crippen MR) is 93.1 cm³/mol. The molecule has 0 aliphatic heterocycles. The highest BCUT2D eigenvalue weighted by Gasteiger charge is 2.28. The van der Waals surface area contributed by atoms with E-state index < -0.39 is 23.7 Å². The van der Waals surface area contributed by atoms with Gasteiger partial charge in [0.25, 0.3) is 0 Å². The first-order chi connectivity index (χ1) is 12.9. The van der Waals surface area contributed by atoms with Gasteiger partial charge in [-0.2, -0.15) is 5.26 Å². The number of benzene rings is 1. The van der Waals surface area contributed by atoms with Gasteiger partial charge in [0.05, 0.1) is 0 Å². The summed E-state index contributed by atoms with van der Waals surface area (Å²) in [6, 6.07) is 10.4. The highest BCUT2D eigenvalue weighted by Crippen LogP contribution is 2.26. The monoisotopic (exact) mass is 366 g/mol. The highest BCUT2D eigenvalue weighted by molar-refractivity contribution is 6.02. The van der Waals surface area contributed by atoms with Crippen LogP contribution in [0.1, 0.15) is 39.0 Å². The van der Waals surface area contributed by atoms with E-state index in [0.717, 1.165) is 12.1 Å². The number of ether oxygens (including phenoxy) is 1. The largest absolute Gasteiger partial charge is 0.451 e. The fourth-order valence-electron chi connectivity index (χ4n) is 2.65. The number of halogens is 1. The van der Waals surface area contributed by atoms with Gasteiger partial charge >= 0.3 is 5.97 Å². The van der Waals surface area contributed by atoms with Crippen molar-refractivity contribution >= 4 is 11.8 Å². The SMILES string of the molecule is Cc1oc(-n2cccc2)c(C#N)c1C(=O)O[C@@H](C)C(=O)c1ccc(F)cc1. The van der Waals surface area contributed by atoms with E-state index in [1.54, 1.807) is 29.1 Å². The Labute approximate surface area is 154 Å². The number of rotatable bonds is 5. The quantitative estimate of drug-likeness (QED) is 0.506. The van der Waals surface area contributed by atoms with Crippen molar-refractivity contribution in [1.29, 1.82) is 5.26 Å². The molecule has 0 spiro atoms. The maximum atomic E-state index is 13.0. The van der Waals surface area contributed by atoms with Crippen LogP contribution in [-0.2, 0) is 4.74 Å². The summed E-state index contributed by atoms with van der Waals surface area (Å²) in [5, 5.41) is 9.47. The van der Waals surface area contributed by atoms with E-state index in [0.29, 0.717) is 0 Å². The van der Waals surface area contributed by atoms with Gasteiger partial charge in [0.15, 0.2) is 6.10 Å². The van der Waals surface area contributed by atoms with E-state index in [1.807, 2.05) is 6.07 Å². The number of carbonyl (C=O) groups excluding carboxylic acids is 2. The molecule has 6 nitrogen and oxygen atoms in total. The standard InChI is InChI=1S/C20H15FN2O4/c1-12-17(16(11-22)19(26-12)23-9-3-4-10-23)20(25)27-13(2)18(24)14-5-7-15(21)8-6-14/h3-10,13H,1-2H3/t13-/m0/s1. The number of hydrogen-bond donors (Lipinski definition) is 0. The van der Waals surface area contributed by atoms with Crippen LogP contribution in [0.4, 0.5) is 4.39 Å². The molecule has 0 saturated heterocycles. The van der Waals surface area contributed by atoms with Gasteiger partial charge in [-0.15, -0.1) is 0 Å². The molecule has 0 N–H and O–H groups in total. The number of furan rings is 1. The van der Waals surface area contributed by atoms with Gasteiger partial charge in [-0.1, -0.05) is 0 Å². The molecule has 0 aliphatic rings. The average Bonchev–Trinajstić information content (AvgIpc) is 3.28. The van der Waals surface area contributed by atoms with Gasteiger partial charge < -0.3 is 9.15 Å². The minimum Gasteiger partial charge on any atom is -0.451 e. The summed E-state index contributed by atoms with van der Waals surface area (Å²) in [6.07, 6.45) is 2.24. The first-order valence-corrected chi connectivity index (χ1v) is 8.10. The van der Waals surface area contributed by atoms with Crippen LogP contribution >= 0.6 is 0 Å². The molecule has 2 heterocycles. The lowest BCUT2D eigenvalue weighted by molar-refractivity contribution is 0.0317. The summed E-state index contributed by atoms with van der Waals surface area (Å²) in [7, 11) is 0. The lowest BCUT2D eigenvalue weighted by Crippen LogP contribution is -2.25. The smallest absolute Gasteiger partial charge is 0.343 e. The molecule has 7 heteroatoms. The van der Waals surface area contributed by atoms with Crippen molar-refractivity contribution in [3.63, 3.8) is 0 Å². The Morgan fingerprint density at radius 2 is 1.85 bits per heavy atom. The summed E-state index contributed by atoms with van der Waals surface area (Å²) in [4.78, 5) is 24.9. The second kappa shape index (κ2) is 7.30. The van der Waals surface area contributed by atoms with Crippen molar-refractivity contribution in [2.45, 2.75) is 20.0 Å². The predicted octanol–water partition coefficient (Wildman–Crippen LogP) is 3.82. The minimum atomic E-state index is -1.11. The average molecular weight is 366 g/mol. The Bertz CT molecular complexity index is 1030. The molecule has 2 aromatic heterocycles. The summed E-state index contributed by atoms with van der Waals surface area (Å²) in [5.74, 6) is -1.38. The number of esters is 1. The number of nitriles is 1. The first-order valence-electron chi connectivity index (χ1n) is 8.10. The lowest BCUT2D eigenvalue weighted by atomic mass is 10.1. The van der Waals surface area contributed by atoms with Crippen molar-refractivity contribution in [2.75, 3.05) is 0 Å². The highest BCUT2D eigenvalue weighted by atomic mass is 19.1. The molecule has 0 fully saturated rings. The van der Waals surface area contributed by atoms with E-state index in [4.69, 9.17) is 9.15 Å². The molecule has 1 aromatic carbocycles. The molecule has 3 aromatic rings. The molecule has 27 heavy (non-hydrogen) atoms. The third-order valence-electron chi connectivity index (χ3n) is 4.00. The molecule has 0 bridgehead atoms. The van der Waals surface area contributed by atoms with Crippen molar-refractivity contribution in [3.05, 3.63) is 77.1 Å². The zero-order chi connectivity index (χ0) is 19.6. The second-order valence-electron chi connectivity index (χ2n) is 5.83. The molecule has 1 atom stereocenters. The summed E-state index contributed by atoms with van der Waals surface area (Å²) in [5.41, 5.74) is 0.212. The van der Waals surface area contributed by atoms with Gasteiger partial charge in [0.2, 0.25) is 11.7 Å². The van der Waals surface area contributed by atoms with Crippen LogP contribution in [-0.4, -0.2) is 22.4 Å². The Morgan fingerprint density at radius 1 is 1.22 bits per heavy atom. The Morgan fingerprint density at radius 3 is 2.44 bits per heavy atom.